The van der Waals surface area contributed by atoms with Gasteiger partial charge in [0.05, 0.1) is 32.1 Å². The van der Waals surface area contributed by atoms with Gasteiger partial charge in [-0.2, -0.15) is 0 Å². The second-order valence-electron chi connectivity index (χ2n) is 5.74. The lowest BCUT2D eigenvalue weighted by atomic mass is 10.1. The van der Waals surface area contributed by atoms with Gasteiger partial charge in [-0.3, -0.25) is 4.99 Å². The Morgan fingerprint density at radius 3 is 2.67 bits per heavy atom. The average Bonchev–Trinajstić information content (AvgIpc) is 2.95. The van der Waals surface area contributed by atoms with Gasteiger partial charge in [0.25, 0.3) is 0 Å². The number of halogens is 1. The monoisotopic (exact) mass is 477 g/mol. The topological polar surface area (TPSA) is 80.2 Å². The van der Waals surface area contributed by atoms with E-state index in [0.717, 1.165) is 45.2 Å². The van der Waals surface area contributed by atoms with E-state index in [9.17, 15) is 8.42 Å². The third-order valence-electron chi connectivity index (χ3n) is 3.57. The summed E-state index contributed by atoms with van der Waals surface area (Å²) in [7, 11) is -2.96. The molecule has 1 rings (SSSR count). The number of rotatable bonds is 10. The van der Waals surface area contributed by atoms with Gasteiger partial charge in [-0.25, -0.2) is 8.42 Å². The van der Waals surface area contributed by atoms with E-state index in [-0.39, 0.29) is 36.3 Å². The van der Waals surface area contributed by atoms with Gasteiger partial charge in [-0.1, -0.05) is 0 Å². The molecule has 1 atom stereocenters. The van der Waals surface area contributed by atoms with E-state index in [4.69, 9.17) is 9.47 Å². The SMILES string of the molecule is CCNC(=NCCOCCS(C)(=O)=O)N1CCC(COCC)C1.I. The molecule has 9 heteroatoms. The summed E-state index contributed by atoms with van der Waals surface area (Å²) in [5.41, 5.74) is 0. The standard InChI is InChI=1S/C15H31N3O4S.HI/c1-4-16-15(17-7-9-22-10-11-23(3,19)20)18-8-6-14(12-18)13-21-5-2;/h14H,4-13H2,1-3H3,(H,16,17);1H. The van der Waals surface area contributed by atoms with E-state index in [1.165, 1.54) is 6.26 Å². The molecule has 1 aliphatic rings. The maximum atomic E-state index is 11.0. The summed E-state index contributed by atoms with van der Waals surface area (Å²) in [6.45, 7) is 9.58. The van der Waals surface area contributed by atoms with Crippen LogP contribution in [0.5, 0.6) is 0 Å². The highest BCUT2D eigenvalue weighted by Crippen LogP contribution is 2.16. The van der Waals surface area contributed by atoms with Gasteiger partial charge in [0, 0.05) is 38.4 Å². The Hall–Kier alpha value is -0.130. The van der Waals surface area contributed by atoms with E-state index >= 15 is 0 Å². The van der Waals surface area contributed by atoms with Crippen LogP contribution >= 0.6 is 24.0 Å². The smallest absolute Gasteiger partial charge is 0.194 e. The second kappa shape index (κ2) is 13.1. The molecule has 1 fully saturated rings. The summed E-state index contributed by atoms with van der Waals surface area (Å²) < 4.78 is 32.8. The molecule has 0 aliphatic carbocycles. The van der Waals surface area contributed by atoms with Crippen molar-refractivity contribution in [3.8, 4) is 0 Å². The van der Waals surface area contributed by atoms with Crippen molar-refractivity contribution >= 4 is 39.8 Å². The minimum absolute atomic E-state index is 0. The summed E-state index contributed by atoms with van der Waals surface area (Å²) in [6.07, 6.45) is 2.33. The molecule has 1 saturated heterocycles. The lowest BCUT2D eigenvalue weighted by Gasteiger charge is -2.21. The number of sulfone groups is 1. The highest BCUT2D eigenvalue weighted by Gasteiger charge is 2.24. The molecule has 0 aromatic heterocycles. The summed E-state index contributed by atoms with van der Waals surface area (Å²) in [6, 6.07) is 0. The number of nitrogens with one attached hydrogen (secondary N) is 1. The van der Waals surface area contributed by atoms with Gasteiger partial charge < -0.3 is 19.7 Å². The minimum Gasteiger partial charge on any atom is -0.381 e. The second-order valence-corrected chi connectivity index (χ2v) is 8.00. The molecule has 0 spiro atoms. The number of ether oxygens (including phenoxy) is 2. The van der Waals surface area contributed by atoms with Crippen LogP contribution in [0.15, 0.2) is 4.99 Å². The molecule has 144 valence electrons. The minimum atomic E-state index is -2.96. The van der Waals surface area contributed by atoms with E-state index in [2.05, 4.69) is 15.2 Å². The van der Waals surface area contributed by atoms with E-state index in [1.54, 1.807) is 0 Å². The van der Waals surface area contributed by atoms with Crippen LogP contribution in [0.25, 0.3) is 0 Å². The van der Waals surface area contributed by atoms with Crippen LogP contribution in [0, 0.1) is 5.92 Å². The first-order valence-corrected chi connectivity index (χ1v) is 10.4. The number of guanidine groups is 1. The van der Waals surface area contributed by atoms with E-state index in [0.29, 0.717) is 19.1 Å². The molecule has 0 bridgehead atoms. The van der Waals surface area contributed by atoms with Crippen molar-refractivity contribution in [3.63, 3.8) is 0 Å². The Kier molecular flexibility index (Phi) is 13.1. The van der Waals surface area contributed by atoms with Crippen molar-refractivity contribution in [1.82, 2.24) is 10.2 Å². The van der Waals surface area contributed by atoms with Gasteiger partial charge in [0.1, 0.15) is 9.84 Å². The molecule has 24 heavy (non-hydrogen) atoms. The van der Waals surface area contributed by atoms with Crippen molar-refractivity contribution in [2.45, 2.75) is 20.3 Å². The first-order valence-electron chi connectivity index (χ1n) is 8.32. The van der Waals surface area contributed by atoms with Gasteiger partial charge in [0.15, 0.2) is 5.96 Å². The Balaban J connectivity index is 0.00000529. The largest absolute Gasteiger partial charge is 0.381 e. The van der Waals surface area contributed by atoms with Crippen LogP contribution in [0.1, 0.15) is 20.3 Å². The lowest BCUT2D eigenvalue weighted by molar-refractivity contribution is 0.114. The molecule has 0 amide bonds. The number of aliphatic imine (C=N–C) groups is 1. The first-order chi connectivity index (χ1) is 11.0. The van der Waals surface area contributed by atoms with Gasteiger partial charge in [-0.15, -0.1) is 24.0 Å². The van der Waals surface area contributed by atoms with Crippen LogP contribution in [-0.4, -0.2) is 83.9 Å². The van der Waals surface area contributed by atoms with E-state index < -0.39 is 9.84 Å². The molecule has 1 unspecified atom stereocenters. The quantitative estimate of drug-likeness (QED) is 0.219. The first kappa shape index (κ1) is 23.9. The fourth-order valence-corrected chi connectivity index (χ4v) is 2.82. The molecule has 7 nitrogen and oxygen atoms in total. The number of hydrogen-bond donors (Lipinski definition) is 1. The fraction of sp³-hybridized carbons (Fsp3) is 0.933. The maximum Gasteiger partial charge on any atom is 0.194 e. The molecule has 0 aromatic carbocycles. The number of likely N-dealkylation sites (tertiary alicyclic amines) is 1. The zero-order chi connectivity index (χ0) is 17.1. The highest BCUT2D eigenvalue weighted by molar-refractivity contribution is 14.0. The molecule has 1 N–H and O–H groups in total. The lowest BCUT2D eigenvalue weighted by Crippen LogP contribution is -2.40. The Morgan fingerprint density at radius 1 is 1.29 bits per heavy atom. The molecule has 1 aliphatic heterocycles. The van der Waals surface area contributed by atoms with Crippen LogP contribution in [0.3, 0.4) is 0 Å². The maximum absolute atomic E-state index is 11.0. The van der Waals surface area contributed by atoms with Crippen LogP contribution in [0.2, 0.25) is 0 Å². The van der Waals surface area contributed by atoms with Crippen molar-refractivity contribution in [3.05, 3.63) is 0 Å². The Bertz CT molecular complexity index is 460. The number of nitrogens with zero attached hydrogens (tertiary/aromatic N) is 2. The average molecular weight is 477 g/mol. The summed E-state index contributed by atoms with van der Waals surface area (Å²) in [5.74, 6) is 1.52. The van der Waals surface area contributed by atoms with Gasteiger partial charge >= 0.3 is 0 Å². The molecule has 0 aromatic rings. The van der Waals surface area contributed by atoms with Crippen LogP contribution in [-0.2, 0) is 19.3 Å². The molecular formula is C15H32IN3O4S. The third-order valence-corrected chi connectivity index (χ3v) is 4.48. The Morgan fingerprint density at radius 2 is 2.04 bits per heavy atom. The predicted octanol–water partition coefficient (Wildman–Crippen LogP) is 0.990. The molecule has 1 heterocycles. The normalized spacial score (nSPS) is 18.5. The fourth-order valence-electron chi connectivity index (χ4n) is 2.40. The van der Waals surface area contributed by atoms with Crippen molar-refractivity contribution in [2.24, 2.45) is 10.9 Å². The molecule has 0 saturated carbocycles. The number of hydrogen-bond acceptors (Lipinski definition) is 5. The zero-order valence-corrected chi connectivity index (χ0v) is 18.1. The Labute approximate surface area is 163 Å². The van der Waals surface area contributed by atoms with Crippen molar-refractivity contribution in [1.29, 1.82) is 0 Å². The summed E-state index contributed by atoms with van der Waals surface area (Å²) in [4.78, 5) is 6.81. The summed E-state index contributed by atoms with van der Waals surface area (Å²) >= 11 is 0. The highest BCUT2D eigenvalue weighted by atomic mass is 127. The zero-order valence-electron chi connectivity index (χ0n) is 15.0. The van der Waals surface area contributed by atoms with Crippen LogP contribution < -0.4 is 5.32 Å². The van der Waals surface area contributed by atoms with Gasteiger partial charge in [-0.05, 0) is 20.3 Å². The third kappa shape index (κ3) is 10.7. The molecule has 0 radical (unpaired) electrons. The molecular weight excluding hydrogens is 445 g/mol. The van der Waals surface area contributed by atoms with Crippen molar-refractivity contribution < 1.29 is 17.9 Å². The predicted molar refractivity (Wildman–Crippen MR) is 108 cm³/mol. The summed E-state index contributed by atoms with van der Waals surface area (Å²) in [5, 5.41) is 3.30. The van der Waals surface area contributed by atoms with Gasteiger partial charge in [0.2, 0.25) is 0 Å². The van der Waals surface area contributed by atoms with Crippen LogP contribution in [0.4, 0.5) is 0 Å². The van der Waals surface area contributed by atoms with E-state index in [1.807, 2.05) is 13.8 Å². The van der Waals surface area contributed by atoms with Crippen molar-refractivity contribution in [2.75, 3.05) is 64.6 Å².